The van der Waals surface area contributed by atoms with Crippen molar-refractivity contribution in [2.75, 3.05) is 50.8 Å². The molecular weight excluding hydrogens is 414 g/mol. The molecule has 0 atom stereocenters. The lowest BCUT2D eigenvalue weighted by Gasteiger charge is -2.30. The van der Waals surface area contributed by atoms with Gasteiger partial charge in [0, 0.05) is 44.0 Å². The average Bonchev–Trinajstić information content (AvgIpc) is 3.46. The van der Waals surface area contributed by atoms with Crippen molar-refractivity contribution in [3.8, 4) is 17.1 Å². The van der Waals surface area contributed by atoms with Crippen LogP contribution in [0.25, 0.3) is 28.2 Å². The summed E-state index contributed by atoms with van der Waals surface area (Å²) in [6, 6.07) is 12.6. The predicted molar refractivity (Wildman–Crippen MR) is 129 cm³/mol. The third-order valence-electron chi connectivity index (χ3n) is 6.63. The zero-order chi connectivity index (χ0) is 22.2. The standard InChI is InChI=1S/C25H29N7O/c1-19-4-2-5-20(16-19)21-6-9-32(28-21)23-17-22(30-12-14-33-15-13-30)24-25(27-23)31(18-26-24)11-10-29-7-3-8-29/h2,4-6,9,16-18H,3,7-8,10-15H2,1H3. The lowest BCUT2D eigenvalue weighted by atomic mass is 10.1. The van der Waals surface area contributed by atoms with E-state index in [0.717, 1.165) is 73.3 Å². The van der Waals surface area contributed by atoms with Crippen molar-refractivity contribution < 1.29 is 4.74 Å². The molecule has 0 aliphatic carbocycles. The molecule has 1 aromatic carbocycles. The molecule has 3 aromatic heterocycles. The molecule has 8 heteroatoms. The molecule has 0 N–H and O–H groups in total. The van der Waals surface area contributed by atoms with E-state index in [1.807, 2.05) is 17.2 Å². The van der Waals surface area contributed by atoms with Gasteiger partial charge in [-0.2, -0.15) is 5.10 Å². The van der Waals surface area contributed by atoms with Crippen LogP contribution in [0.4, 0.5) is 5.69 Å². The fourth-order valence-electron chi connectivity index (χ4n) is 4.60. The van der Waals surface area contributed by atoms with Crippen LogP contribution in [0, 0.1) is 6.92 Å². The Morgan fingerprint density at radius 1 is 1.00 bits per heavy atom. The number of aryl methyl sites for hydroxylation is 1. The van der Waals surface area contributed by atoms with Crippen LogP contribution < -0.4 is 4.90 Å². The third-order valence-corrected chi connectivity index (χ3v) is 6.63. The maximum Gasteiger partial charge on any atom is 0.164 e. The van der Waals surface area contributed by atoms with E-state index in [4.69, 9.17) is 19.8 Å². The van der Waals surface area contributed by atoms with Gasteiger partial charge in [-0.25, -0.2) is 14.6 Å². The Kier molecular flexibility index (Phi) is 5.32. The van der Waals surface area contributed by atoms with Crippen LogP contribution in [0.3, 0.4) is 0 Å². The molecule has 0 spiro atoms. The highest BCUT2D eigenvalue weighted by molar-refractivity contribution is 5.87. The Hall–Kier alpha value is -3.23. The fourth-order valence-corrected chi connectivity index (χ4v) is 4.60. The molecule has 0 bridgehead atoms. The van der Waals surface area contributed by atoms with Crippen molar-refractivity contribution in [3.63, 3.8) is 0 Å². The number of nitrogens with zero attached hydrogens (tertiary/aromatic N) is 7. The first kappa shape index (κ1) is 20.4. The molecule has 0 unspecified atom stereocenters. The molecule has 33 heavy (non-hydrogen) atoms. The highest BCUT2D eigenvalue weighted by atomic mass is 16.5. The molecule has 8 nitrogen and oxygen atoms in total. The lowest BCUT2D eigenvalue weighted by Crippen LogP contribution is -2.39. The van der Waals surface area contributed by atoms with Gasteiger partial charge < -0.3 is 19.1 Å². The van der Waals surface area contributed by atoms with E-state index in [2.05, 4.69) is 57.7 Å². The molecule has 0 saturated carbocycles. The van der Waals surface area contributed by atoms with Crippen molar-refractivity contribution in [2.24, 2.45) is 0 Å². The largest absolute Gasteiger partial charge is 0.378 e. The Balaban J connectivity index is 1.40. The molecule has 170 valence electrons. The van der Waals surface area contributed by atoms with E-state index in [1.165, 1.54) is 25.1 Å². The van der Waals surface area contributed by atoms with Gasteiger partial charge in [0.05, 0.1) is 30.9 Å². The maximum absolute atomic E-state index is 5.59. The van der Waals surface area contributed by atoms with Crippen LogP contribution in [0.2, 0.25) is 0 Å². The van der Waals surface area contributed by atoms with Crippen molar-refractivity contribution in [1.29, 1.82) is 0 Å². The molecule has 2 aliphatic rings. The van der Waals surface area contributed by atoms with Gasteiger partial charge in [-0.05, 0) is 38.6 Å². The number of aromatic nitrogens is 5. The zero-order valence-electron chi connectivity index (χ0n) is 19.0. The Labute approximate surface area is 193 Å². The first-order chi connectivity index (χ1) is 16.2. The summed E-state index contributed by atoms with van der Waals surface area (Å²) in [7, 11) is 0. The number of rotatable bonds is 6. The maximum atomic E-state index is 5.59. The van der Waals surface area contributed by atoms with Gasteiger partial charge in [0.25, 0.3) is 0 Å². The summed E-state index contributed by atoms with van der Waals surface area (Å²) < 4.78 is 9.66. The molecule has 0 amide bonds. The van der Waals surface area contributed by atoms with Gasteiger partial charge in [0.15, 0.2) is 11.5 Å². The quantitative estimate of drug-likeness (QED) is 0.456. The smallest absolute Gasteiger partial charge is 0.164 e. The van der Waals surface area contributed by atoms with Crippen LogP contribution in [-0.4, -0.2) is 75.2 Å². The highest BCUT2D eigenvalue weighted by Crippen LogP contribution is 2.29. The first-order valence-electron chi connectivity index (χ1n) is 11.8. The second-order valence-electron chi connectivity index (χ2n) is 8.92. The topological polar surface area (TPSA) is 64.2 Å². The van der Waals surface area contributed by atoms with E-state index in [-0.39, 0.29) is 0 Å². The number of hydrogen-bond acceptors (Lipinski definition) is 6. The van der Waals surface area contributed by atoms with Gasteiger partial charge in [-0.1, -0.05) is 23.8 Å². The minimum absolute atomic E-state index is 0.730. The summed E-state index contributed by atoms with van der Waals surface area (Å²) in [6.07, 6.45) is 5.24. The number of ether oxygens (including phenoxy) is 1. The van der Waals surface area contributed by atoms with Crippen LogP contribution in [0.5, 0.6) is 0 Å². The number of likely N-dealkylation sites (tertiary alicyclic amines) is 1. The summed E-state index contributed by atoms with van der Waals surface area (Å²) in [4.78, 5) is 14.6. The third kappa shape index (κ3) is 4.00. The number of fused-ring (bicyclic) bond motifs is 1. The molecule has 2 aliphatic heterocycles. The molecular formula is C25H29N7O. The Morgan fingerprint density at radius 3 is 2.67 bits per heavy atom. The van der Waals surface area contributed by atoms with E-state index < -0.39 is 0 Å². The highest BCUT2D eigenvalue weighted by Gasteiger charge is 2.21. The number of morpholine rings is 1. The normalized spacial score (nSPS) is 16.9. The average molecular weight is 444 g/mol. The molecule has 2 fully saturated rings. The number of benzene rings is 1. The summed E-state index contributed by atoms with van der Waals surface area (Å²) >= 11 is 0. The minimum Gasteiger partial charge on any atom is -0.378 e. The van der Waals surface area contributed by atoms with Crippen LogP contribution in [0.15, 0.2) is 48.9 Å². The monoisotopic (exact) mass is 443 g/mol. The minimum atomic E-state index is 0.730. The zero-order valence-corrected chi connectivity index (χ0v) is 19.0. The Morgan fingerprint density at radius 2 is 1.88 bits per heavy atom. The van der Waals surface area contributed by atoms with Crippen molar-refractivity contribution in [1.82, 2.24) is 29.2 Å². The molecule has 5 heterocycles. The van der Waals surface area contributed by atoms with Crippen molar-refractivity contribution in [2.45, 2.75) is 19.9 Å². The van der Waals surface area contributed by atoms with Gasteiger partial charge in [0.1, 0.15) is 5.52 Å². The second kappa shape index (κ2) is 8.61. The molecule has 2 saturated heterocycles. The van der Waals surface area contributed by atoms with Gasteiger partial charge in [-0.15, -0.1) is 0 Å². The van der Waals surface area contributed by atoms with Crippen molar-refractivity contribution in [3.05, 3.63) is 54.5 Å². The van der Waals surface area contributed by atoms with Crippen LogP contribution >= 0.6 is 0 Å². The number of anilines is 1. The number of imidazole rings is 1. The fraction of sp³-hybridized carbons (Fsp3) is 0.400. The molecule has 6 rings (SSSR count). The van der Waals surface area contributed by atoms with Gasteiger partial charge in [0.2, 0.25) is 0 Å². The van der Waals surface area contributed by atoms with E-state index in [1.54, 1.807) is 0 Å². The molecule has 4 aromatic rings. The van der Waals surface area contributed by atoms with Gasteiger partial charge >= 0.3 is 0 Å². The summed E-state index contributed by atoms with van der Waals surface area (Å²) in [5.41, 5.74) is 6.26. The van der Waals surface area contributed by atoms with E-state index in [0.29, 0.717) is 0 Å². The van der Waals surface area contributed by atoms with Crippen LogP contribution in [0.1, 0.15) is 12.0 Å². The van der Waals surface area contributed by atoms with E-state index in [9.17, 15) is 0 Å². The number of hydrogen-bond donors (Lipinski definition) is 0. The second-order valence-corrected chi connectivity index (χ2v) is 8.92. The summed E-state index contributed by atoms with van der Waals surface area (Å²) in [5.74, 6) is 0.814. The Bertz CT molecular complexity index is 1270. The SMILES string of the molecule is Cc1cccc(-c2ccn(-c3cc(N4CCOCC4)c4ncn(CCN5CCC5)c4n3)n2)c1. The summed E-state index contributed by atoms with van der Waals surface area (Å²) in [5, 5.41) is 4.87. The number of pyridine rings is 1. The summed E-state index contributed by atoms with van der Waals surface area (Å²) in [6.45, 7) is 9.58. The van der Waals surface area contributed by atoms with Crippen LogP contribution in [-0.2, 0) is 11.3 Å². The molecule has 0 radical (unpaired) electrons. The van der Waals surface area contributed by atoms with Crippen molar-refractivity contribution >= 4 is 16.9 Å². The van der Waals surface area contributed by atoms with Gasteiger partial charge in [-0.3, -0.25) is 0 Å². The van der Waals surface area contributed by atoms with E-state index >= 15 is 0 Å². The first-order valence-corrected chi connectivity index (χ1v) is 11.8. The lowest BCUT2D eigenvalue weighted by molar-refractivity contribution is 0.123. The predicted octanol–water partition coefficient (Wildman–Crippen LogP) is 3.13.